The molecule has 1 unspecified atom stereocenters. The van der Waals surface area contributed by atoms with E-state index in [1.165, 1.54) is 32.1 Å². The van der Waals surface area contributed by atoms with Crippen LogP contribution in [0.5, 0.6) is 0 Å². The lowest BCUT2D eigenvalue weighted by Gasteiger charge is -2.15. The average Bonchev–Trinajstić information content (AvgIpc) is 2.45. The molecule has 18 heavy (non-hydrogen) atoms. The van der Waals surface area contributed by atoms with E-state index in [1.807, 2.05) is 18.3 Å². The number of carbonyl (C=O) groups excluding carboxylic acids is 1. The van der Waals surface area contributed by atoms with Crippen molar-refractivity contribution < 1.29 is 4.79 Å². The highest BCUT2D eigenvalue weighted by Gasteiger charge is 2.17. The monoisotopic (exact) mass is 245 g/mol. The highest BCUT2D eigenvalue weighted by atomic mass is 16.1. The van der Waals surface area contributed by atoms with Crippen molar-refractivity contribution in [3.63, 3.8) is 0 Å². The summed E-state index contributed by atoms with van der Waals surface area (Å²) in [6.07, 6.45) is 11.9. The number of rotatable bonds is 1. The van der Waals surface area contributed by atoms with Crippen molar-refractivity contribution in [3.8, 4) is 0 Å². The van der Waals surface area contributed by atoms with Gasteiger partial charge in [0.05, 0.1) is 0 Å². The molecule has 1 heterocycles. The summed E-state index contributed by atoms with van der Waals surface area (Å²) in [6.45, 7) is 0. The molecule has 0 aliphatic heterocycles. The third-order valence-electron chi connectivity index (χ3n) is 3.84. The van der Waals surface area contributed by atoms with Crippen molar-refractivity contribution in [2.24, 2.45) is 0 Å². The quantitative estimate of drug-likeness (QED) is 0.740. The first kappa shape index (κ1) is 13.3. The summed E-state index contributed by atoms with van der Waals surface area (Å²) in [6, 6.07) is 6.03. The van der Waals surface area contributed by atoms with Crippen molar-refractivity contribution >= 4 is 5.78 Å². The van der Waals surface area contributed by atoms with Crippen LogP contribution in [0.2, 0.25) is 0 Å². The predicted octanol–water partition coefficient (Wildman–Crippen LogP) is 4.26. The molecule has 2 nitrogen and oxygen atoms in total. The van der Waals surface area contributed by atoms with Crippen LogP contribution in [0, 0.1) is 0 Å². The lowest BCUT2D eigenvalue weighted by Crippen LogP contribution is -2.08. The van der Waals surface area contributed by atoms with Gasteiger partial charge in [-0.25, -0.2) is 0 Å². The van der Waals surface area contributed by atoms with E-state index in [1.54, 1.807) is 0 Å². The maximum absolute atomic E-state index is 12.0. The van der Waals surface area contributed by atoms with Gasteiger partial charge in [0, 0.05) is 30.7 Å². The second kappa shape index (κ2) is 7.30. The van der Waals surface area contributed by atoms with Gasteiger partial charge in [-0.2, -0.15) is 0 Å². The van der Waals surface area contributed by atoms with Crippen molar-refractivity contribution in [1.82, 2.24) is 4.98 Å². The van der Waals surface area contributed by atoms with Gasteiger partial charge in [0.15, 0.2) is 0 Å². The molecule has 0 radical (unpaired) electrons. The number of Topliss-reactive ketones (excluding diaryl/α,β-unsaturated/α-hetero) is 1. The summed E-state index contributed by atoms with van der Waals surface area (Å²) in [5, 5.41) is 0. The van der Waals surface area contributed by atoms with E-state index in [4.69, 9.17) is 0 Å². The largest absolute Gasteiger partial charge is 0.300 e. The van der Waals surface area contributed by atoms with E-state index in [-0.39, 0.29) is 0 Å². The number of nitrogens with zero attached hydrogens (tertiary/aromatic N) is 1. The van der Waals surface area contributed by atoms with E-state index < -0.39 is 0 Å². The molecular weight excluding hydrogens is 222 g/mol. The van der Waals surface area contributed by atoms with Crippen LogP contribution >= 0.6 is 0 Å². The molecule has 0 N–H and O–H groups in total. The van der Waals surface area contributed by atoms with E-state index in [0.717, 1.165) is 25.0 Å². The number of aromatic nitrogens is 1. The number of ketones is 1. The molecule has 1 fully saturated rings. The Morgan fingerprint density at radius 3 is 2.56 bits per heavy atom. The van der Waals surface area contributed by atoms with Crippen LogP contribution in [0.15, 0.2) is 24.4 Å². The smallest absolute Gasteiger partial charge is 0.133 e. The highest BCUT2D eigenvalue weighted by Crippen LogP contribution is 2.26. The van der Waals surface area contributed by atoms with Crippen molar-refractivity contribution in [2.45, 2.75) is 63.7 Å². The summed E-state index contributed by atoms with van der Waals surface area (Å²) >= 11 is 0. The lowest BCUT2D eigenvalue weighted by atomic mass is 9.91. The predicted molar refractivity (Wildman–Crippen MR) is 73.5 cm³/mol. The van der Waals surface area contributed by atoms with Crippen molar-refractivity contribution in [1.29, 1.82) is 0 Å². The molecule has 0 saturated heterocycles. The molecular formula is C16H23NO. The Labute approximate surface area is 110 Å². The SMILES string of the molecule is O=C1CCCCCCCCC(c2ccccn2)C1. The summed E-state index contributed by atoms with van der Waals surface area (Å²) in [5.74, 6) is 0.768. The Hall–Kier alpha value is -1.18. The molecule has 1 saturated carbocycles. The van der Waals surface area contributed by atoms with Gasteiger partial charge >= 0.3 is 0 Å². The van der Waals surface area contributed by atoms with Crippen LogP contribution in [0.3, 0.4) is 0 Å². The third kappa shape index (κ3) is 4.25. The Kier molecular flexibility index (Phi) is 5.37. The first-order valence-electron chi connectivity index (χ1n) is 7.29. The van der Waals surface area contributed by atoms with Gasteiger partial charge in [-0.3, -0.25) is 9.78 Å². The molecule has 0 bridgehead atoms. The van der Waals surface area contributed by atoms with Crippen LogP contribution in [0.1, 0.15) is 69.4 Å². The lowest BCUT2D eigenvalue weighted by molar-refractivity contribution is -0.119. The fraction of sp³-hybridized carbons (Fsp3) is 0.625. The minimum atomic E-state index is 0.344. The van der Waals surface area contributed by atoms with E-state index >= 15 is 0 Å². The molecule has 98 valence electrons. The highest BCUT2D eigenvalue weighted by molar-refractivity contribution is 5.79. The molecule has 1 atom stereocenters. The fourth-order valence-corrected chi connectivity index (χ4v) is 2.77. The normalized spacial score (nSPS) is 23.3. The molecule has 1 aliphatic rings. The molecule has 1 aliphatic carbocycles. The average molecular weight is 245 g/mol. The van der Waals surface area contributed by atoms with Crippen LogP contribution in [-0.4, -0.2) is 10.8 Å². The topological polar surface area (TPSA) is 30.0 Å². The number of hydrogen-bond donors (Lipinski definition) is 0. The molecule has 2 heteroatoms. The number of carbonyl (C=O) groups is 1. The Morgan fingerprint density at radius 2 is 1.78 bits per heavy atom. The van der Waals surface area contributed by atoms with E-state index in [9.17, 15) is 4.79 Å². The summed E-state index contributed by atoms with van der Waals surface area (Å²) in [4.78, 5) is 16.4. The van der Waals surface area contributed by atoms with Gasteiger partial charge in [0.2, 0.25) is 0 Å². The third-order valence-corrected chi connectivity index (χ3v) is 3.84. The first-order chi connectivity index (χ1) is 8.86. The van der Waals surface area contributed by atoms with Gasteiger partial charge in [0.1, 0.15) is 5.78 Å². The van der Waals surface area contributed by atoms with Gasteiger partial charge < -0.3 is 0 Å². The Morgan fingerprint density at radius 1 is 1.00 bits per heavy atom. The van der Waals surface area contributed by atoms with Crippen LogP contribution in [0.25, 0.3) is 0 Å². The maximum atomic E-state index is 12.0. The number of hydrogen-bond acceptors (Lipinski definition) is 2. The van der Waals surface area contributed by atoms with Crippen LogP contribution in [0.4, 0.5) is 0 Å². The summed E-state index contributed by atoms with van der Waals surface area (Å²) in [7, 11) is 0. The Balaban J connectivity index is 2.02. The molecule has 1 aromatic rings. The van der Waals surface area contributed by atoms with Crippen LogP contribution < -0.4 is 0 Å². The number of pyridine rings is 1. The minimum Gasteiger partial charge on any atom is -0.300 e. The van der Waals surface area contributed by atoms with Crippen molar-refractivity contribution in [2.75, 3.05) is 0 Å². The first-order valence-corrected chi connectivity index (χ1v) is 7.29. The van der Waals surface area contributed by atoms with E-state index in [2.05, 4.69) is 11.1 Å². The van der Waals surface area contributed by atoms with Crippen LogP contribution in [-0.2, 0) is 4.79 Å². The van der Waals surface area contributed by atoms with Gasteiger partial charge in [-0.05, 0) is 25.0 Å². The standard InChI is InChI=1S/C16H23NO/c18-15-10-6-4-2-1-3-5-9-14(13-15)16-11-7-8-12-17-16/h7-8,11-12,14H,1-6,9-10,13H2. The zero-order chi connectivity index (χ0) is 12.6. The molecule has 0 aromatic carbocycles. The Bertz CT molecular complexity index is 361. The van der Waals surface area contributed by atoms with Gasteiger partial charge in [-0.15, -0.1) is 0 Å². The molecule has 0 spiro atoms. The maximum Gasteiger partial charge on any atom is 0.133 e. The zero-order valence-corrected chi connectivity index (χ0v) is 11.1. The minimum absolute atomic E-state index is 0.344. The summed E-state index contributed by atoms with van der Waals surface area (Å²) < 4.78 is 0. The molecule has 0 amide bonds. The van der Waals surface area contributed by atoms with Gasteiger partial charge in [0.25, 0.3) is 0 Å². The fourth-order valence-electron chi connectivity index (χ4n) is 2.77. The van der Waals surface area contributed by atoms with Crippen molar-refractivity contribution in [3.05, 3.63) is 30.1 Å². The second-order valence-corrected chi connectivity index (χ2v) is 5.35. The zero-order valence-electron chi connectivity index (χ0n) is 11.1. The molecule has 1 aromatic heterocycles. The van der Waals surface area contributed by atoms with E-state index in [0.29, 0.717) is 18.1 Å². The molecule has 2 rings (SSSR count). The summed E-state index contributed by atoms with van der Waals surface area (Å²) in [5.41, 5.74) is 1.10. The second-order valence-electron chi connectivity index (χ2n) is 5.35. The van der Waals surface area contributed by atoms with Gasteiger partial charge in [-0.1, -0.05) is 38.2 Å².